The summed E-state index contributed by atoms with van der Waals surface area (Å²) in [6, 6.07) is 103. The van der Waals surface area contributed by atoms with E-state index in [2.05, 4.69) is 220 Å². The third kappa shape index (κ3) is 9.24. The number of aromatic nitrogens is 7. The molecule has 0 saturated heterocycles. The fourth-order valence-electron chi connectivity index (χ4n) is 12.4. The monoisotopic (exact) mass is 1120 g/mol. The van der Waals surface area contributed by atoms with Crippen LogP contribution in [0.4, 0.5) is 5.69 Å². The van der Waals surface area contributed by atoms with E-state index in [-0.39, 0.29) is 0 Å². The van der Waals surface area contributed by atoms with Crippen molar-refractivity contribution in [1.82, 2.24) is 34.1 Å². The van der Waals surface area contributed by atoms with E-state index in [1.807, 2.05) is 97.2 Å². The molecule has 8 nitrogen and oxygen atoms in total. The molecular weight excluding hydrogens is 1070 g/mol. The van der Waals surface area contributed by atoms with Gasteiger partial charge in [0, 0.05) is 71.6 Å². The zero-order chi connectivity index (χ0) is 58.5. The standard InChI is InChI=1S/C80H50N8/c1-81-74-29-15-14-28-60(74)65-50-80(88-77-48-58(72-36-18-32-68(85-72)54-24-10-4-11-25-54)40-44-63(77)64-45-41-59(49-78(64)88)73-37-19-33-69(86-73)55-26-12-5-13-27-55)82-51-79(65)87-75-46-56(70-34-16-30-66(83-70)52-20-6-2-7-21-52)38-42-61(75)62-43-39-57(47-76(62)87)71-35-17-31-67(84-71)53-22-8-3-9-23-53/h2-51H. The Bertz CT molecular complexity index is 5110. The second-order valence-corrected chi connectivity index (χ2v) is 21.9. The predicted octanol–water partition coefficient (Wildman–Crippen LogP) is 20.4. The SMILES string of the molecule is [C-]#[N+]c1ccccc1-c1cc(-n2c3cc(-c4cccc(-c5ccccc5)n4)ccc3c3ccc(-c4cccc(-c5ccccc5)n4)cc32)ncc1-n1c2cc(-c3cccc(-c4ccccc4)n3)ccc2c2ccc(-c3cccc(-c4ccccc4)n3)cc21. The van der Waals surface area contributed by atoms with Crippen molar-refractivity contribution in [2.75, 3.05) is 0 Å². The van der Waals surface area contributed by atoms with Crippen molar-refractivity contribution in [3.63, 3.8) is 0 Å². The number of fused-ring (bicyclic) bond motifs is 6. The molecule has 8 heteroatoms. The van der Waals surface area contributed by atoms with Gasteiger partial charge in [0.25, 0.3) is 0 Å². The minimum atomic E-state index is 0.521. The molecule has 0 aliphatic carbocycles. The third-order valence-corrected chi connectivity index (χ3v) is 16.6. The van der Waals surface area contributed by atoms with Crippen molar-refractivity contribution in [2.45, 2.75) is 0 Å². The molecule has 0 fully saturated rings. The summed E-state index contributed by atoms with van der Waals surface area (Å²) in [5.41, 5.74) is 21.8. The first-order valence-electron chi connectivity index (χ1n) is 29.3. The van der Waals surface area contributed by atoms with Crippen LogP contribution in [-0.4, -0.2) is 34.1 Å². The van der Waals surface area contributed by atoms with Crippen LogP contribution in [0.5, 0.6) is 0 Å². The molecular formula is C80H50N8. The van der Waals surface area contributed by atoms with Gasteiger partial charge in [0.15, 0.2) is 5.69 Å². The molecule has 0 N–H and O–H groups in total. The molecule has 7 heterocycles. The normalized spacial score (nSPS) is 11.4. The molecule has 16 aromatic rings. The van der Waals surface area contributed by atoms with Crippen LogP contribution in [-0.2, 0) is 0 Å². The number of pyridine rings is 5. The summed E-state index contributed by atoms with van der Waals surface area (Å²) in [5.74, 6) is 0.677. The Kier molecular flexibility index (Phi) is 12.7. The second kappa shape index (κ2) is 21.8. The van der Waals surface area contributed by atoms with Crippen molar-refractivity contribution in [2.24, 2.45) is 0 Å². The average Bonchev–Trinajstić information content (AvgIpc) is 2.03. The molecule has 0 bridgehead atoms. The highest BCUT2D eigenvalue weighted by Crippen LogP contribution is 2.44. The van der Waals surface area contributed by atoms with Gasteiger partial charge < -0.3 is 4.57 Å². The van der Waals surface area contributed by atoms with Crippen LogP contribution in [0.3, 0.4) is 0 Å². The van der Waals surface area contributed by atoms with E-state index >= 15 is 0 Å². The maximum atomic E-state index is 8.68. The smallest absolute Gasteiger partial charge is 0.194 e. The number of rotatable bonds is 11. The van der Waals surface area contributed by atoms with Gasteiger partial charge in [0.1, 0.15) is 5.82 Å². The quantitative estimate of drug-likeness (QED) is 0.121. The van der Waals surface area contributed by atoms with Crippen molar-refractivity contribution in [3.05, 3.63) is 315 Å². The molecule has 0 amide bonds. The lowest BCUT2D eigenvalue weighted by molar-refractivity contribution is 1.06. The van der Waals surface area contributed by atoms with Gasteiger partial charge in [-0.15, -0.1) is 0 Å². The van der Waals surface area contributed by atoms with Crippen LogP contribution in [0.15, 0.2) is 303 Å². The zero-order valence-electron chi connectivity index (χ0n) is 47.4. The molecule has 7 aromatic heterocycles. The highest BCUT2D eigenvalue weighted by atomic mass is 15.1. The van der Waals surface area contributed by atoms with E-state index in [0.29, 0.717) is 11.5 Å². The Morgan fingerprint density at radius 1 is 0.261 bits per heavy atom. The molecule has 9 aromatic carbocycles. The molecule has 0 unspecified atom stereocenters. The molecule has 16 rings (SSSR count). The molecule has 410 valence electrons. The minimum Gasteiger partial charge on any atom is -0.307 e. The molecule has 0 spiro atoms. The van der Waals surface area contributed by atoms with Crippen LogP contribution in [0.25, 0.3) is 161 Å². The lowest BCUT2D eigenvalue weighted by Crippen LogP contribution is -2.04. The Balaban J connectivity index is 0.949. The molecule has 0 saturated carbocycles. The summed E-state index contributed by atoms with van der Waals surface area (Å²) in [6.45, 7) is 8.68. The maximum absolute atomic E-state index is 8.68. The first-order chi connectivity index (χ1) is 43.6. The molecule has 0 atom stereocenters. The molecule has 0 aliphatic heterocycles. The van der Waals surface area contributed by atoms with Crippen LogP contribution in [0.2, 0.25) is 0 Å². The first kappa shape index (κ1) is 51.5. The van der Waals surface area contributed by atoms with E-state index < -0.39 is 0 Å². The summed E-state index contributed by atoms with van der Waals surface area (Å²) in [7, 11) is 0. The number of hydrogen-bond acceptors (Lipinski definition) is 5. The van der Waals surface area contributed by atoms with Gasteiger partial charge in [-0.2, -0.15) is 0 Å². The molecule has 0 aliphatic rings. The zero-order valence-corrected chi connectivity index (χ0v) is 47.4. The maximum Gasteiger partial charge on any atom is 0.194 e. The van der Waals surface area contributed by atoms with Crippen molar-refractivity contribution in [3.8, 4) is 113 Å². The summed E-state index contributed by atoms with van der Waals surface area (Å²) in [5, 5.41) is 4.23. The summed E-state index contributed by atoms with van der Waals surface area (Å²) >= 11 is 0. The Labute approximate surface area is 508 Å². The highest BCUT2D eigenvalue weighted by Gasteiger charge is 2.24. The Morgan fingerprint density at radius 3 is 0.909 bits per heavy atom. The van der Waals surface area contributed by atoms with E-state index in [1.54, 1.807) is 0 Å². The Morgan fingerprint density at radius 2 is 0.568 bits per heavy atom. The molecule has 88 heavy (non-hydrogen) atoms. The van der Waals surface area contributed by atoms with Gasteiger partial charge in [0.2, 0.25) is 0 Å². The fraction of sp³-hybridized carbons (Fsp3) is 0. The van der Waals surface area contributed by atoms with E-state index in [1.165, 1.54) is 0 Å². The largest absolute Gasteiger partial charge is 0.307 e. The van der Waals surface area contributed by atoms with E-state index in [0.717, 1.165) is 150 Å². The van der Waals surface area contributed by atoms with Crippen molar-refractivity contribution < 1.29 is 0 Å². The second-order valence-electron chi connectivity index (χ2n) is 21.9. The lowest BCUT2D eigenvalue weighted by atomic mass is 10.0. The summed E-state index contributed by atoms with van der Waals surface area (Å²) in [4.78, 5) is 30.8. The number of benzene rings is 9. The van der Waals surface area contributed by atoms with Gasteiger partial charge in [-0.3, -0.25) is 4.57 Å². The van der Waals surface area contributed by atoms with Crippen LogP contribution >= 0.6 is 0 Å². The fourth-order valence-corrected chi connectivity index (χ4v) is 12.4. The van der Waals surface area contributed by atoms with Gasteiger partial charge in [-0.1, -0.05) is 218 Å². The van der Waals surface area contributed by atoms with Crippen LogP contribution < -0.4 is 0 Å². The van der Waals surface area contributed by atoms with E-state index in [4.69, 9.17) is 31.5 Å². The Hall–Kier alpha value is -12.2. The average molecular weight is 1120 g/mol. The highest BCUT2D eigenvalue weighted by molar-refractivity contribution is 6.13. The van der Waals surface area contributed by atoms with E-state index in [9.17, 15) is 0 Å². The third-order valence-electron chi connectivity index (χ3n) is 16.6. The van der Waals surface area contributed by atoms with Crippen molar-refractivity contribution >= 4 is 49.3 Å². The van der Waals surface area contributed by atoms with Gasteiger partial charge >= 0.3 is 0 Å². The lowest BCUT2D eigenvalue weighted by Gasteiger charge is -2.18. The van der Waals surface area contributed by atoms with Gasteiger partial charge in [-0.25, -0.2) is 29.8 Å². The van der Waals surface area contributed by atoms with Crippen molar-refractivity contribution in [1.29, 1.82) is 0 Å². The summed E-state index contributed by atoms with van der Waals surface area (Å²) in [6.07, 6.45) is 1.99. The number of nitrogens with zero attached hydrogens (tertiary/aromatic N) is 8. The van der Waals surface area contributed by atoms with Crippen LogP contribution in [0.1, 0.15) is 0 Å². The van der Waals surface area contributed by atoms with Crippen LogP contribution in [0, 0.1) is 6.57 Å². The summed E-state index contributed by atoms with van der Waals surface area (Å²) < 4.78 is 4.60. The predicted molar refractivity (Wildman–Crippen MR) is 359 cm³/mol. The first-order valence-corrected chi connectivity index (χ1v) is 29.3. The van der Waals surface area contributed by atoms with Gasteiger partial charge in [0.05, 0.1) is 86.1 Å². The number of hydrogen-bond donors (Lipinski definition) is 0. The minimum absolute atomic E-state index is 0.521. The molecule has 0 radical (unpaired) electrons. The number of para-hydroxylation sites is 1. The topological polar surface area (TPSA) is 78.7 Å². The van der Waals surface area contributed by atoms with Gasteiger partial charge in [-0.05, 0) is 84.4 Å².